The molecule has 0 unspecified atom stereocenters. The zero-order valence-electron chi connectivity index (χ0n) is 8.09. The van der Waals surface area contributed by atoms with E-state index in [0.29, 0.717) is 12.4 Å². The average Bonchev–Trinajstić information content (AvgIpc) is 2.71. The predicted octanol–water partition coefficient (Wildman–Crippen LogP) is 1.76. The van der Waals surface area contributed by atoms with Crippen LogP contribution in [0.1, 0.15) is 6.42 Å². The molecule has 0 N–H and O–H groups in total. The second kappa shape index (κ2) is 4.27. The molecule has 1 aromatic rings. The molecule has 1 saturated heterocycles. The minimum atomic E-state index is -0.428. The summed E-state index contributed by atoms with van der Waals surface area (Å²) in [5.74, 6) is 0.649. The van der Waals surface area contributed by atoms with Crippen molar-refractivity contribution in [1.29, 1.82) is 0 Å². The van der Waals surface area contributed by atoms with Crippen LogP contribution < -0.4 is 4.74 Å². The van der Waals surface area contributed by atoms with E-state index in [4.69, 9.17) is 9.47 Å². The van der Waals surface area contributed by atoms with Crippen molar-refractivity contribution < 1.29 is 14.4 Å². The Kier molecular flexibility index (Phi) is 2.82. The highest BCUT2D eigenvalue weighted by molar-refractivity contribution is 5.36. The van der Waals surface area contributed by atoms with Gasteiger partial charge in [-0.25, -0.2) is 0 Å². The molecular formula is C10H11NO4. The van der Waals surface area contributed by atoms with Crippen LogP contribution >= 0.6 is 0 Å². The van der Waals surface area contributed by atoms with E-state index in [-0.39, 0.29) is 11.8 Å². The molecule has 0 saturated carbocycles. The highest BCUT2D eigenvalue weighted by Crippen LogP contribution is 2.20. The van der Waals surface area contributed by atoms with E-state index in [2.05, 4.69) is 0 Å². The van der Waals surface area contributed by atoms with Crippen LogP contribution in [0.3, 0.4) is 0 Å². The smallest absolute Gasteiger partial charge is 0.269 e. The molecule has 2 rings (SSSR count). The van der Waals surface area contributed by atoms with Crippen LogP contribution in [0.5, 0.6) is 5.75 Å². The Hall–Kier alpha value is -1.62. The standard InChI is InChI=1S/C10H11NO4/c12-11(13)8-1-3-9(4-2-8)15-10-5-6-14-7-10/h1-4,10H,5-7H2/t10-/m0/s1. The minimum Gasteiger partial charge on any atom is -0.488 e. The van der Waals surface area contributed by atoms with E-state index in [9.17, 15) is 10.1 Å². The summed E-state index contributed by atoms with van der Waals surface area (Å²) < 4.78 is 10.7. The number of nitro groups is 1. The van der Waals surface area contributed by atoms with Gasteiger partial charge in [0, 0.05) is 18.6 Å². The second-order valence-electron chi connectivity index (χ2n) is 3.35. The van der Waals surface area contributed by atoms with E-state index in [0.717, 1.165) is 13.0 Å². The lowest BCUT2D eigenvalue weighted by atomic mass is 10.3. The van der Waals surface area contributed by atoms with E-state index in [1.807, 2.05) is 0 Å². The van der Waals surface area contributed by atoms with Crippen molar-refractivity contribution in [1.82, 2.24) is 0 Å². The third kappa shape index (κ3) is 2.44. The van der Waals surface area contributed by atoms with Crippen molar-refractivity contribution in [3.8, 4) is 5.75 Å². The SMILES string of the molecule is O=[N+]([O-])c1ccc(O[C@H]2CCOC2)cc1. The molecule has 1 atom stereocenters. The molecule has 5 nitrogen and oxygen atoms in total. The van der Waals surface area contributed by atoms with Crippen molar-refractivity contribution in [3.63, 3.8) is 0 Å². The number of benzene rings is 1. The molecule has 80 valence electrons. The highest BCUT2D eigenvalue weighted by atomic mass is 16.6. The normalized spacial score (nSPS) is 20.1. The fourth-order valence-electron chi connectivity index (χ4n) is 1.44. The largest absolute Gasteiger partial charge is 0.488 e. The zero-order chi connectivity index (χ0) is 10.7. The summed E-state index contributed by atoms with van der Waals surface area (Å²) in [5.41, 5.74) is 0.0741. The Morgan fingerprint density at radius 1 is 1.40 bits per heavy atom. The number of hydrogen-bond donors (Lipinski definition) is 0. The minimum absolute atomic E-state index is 0.0741. The molecular weight excluding hydrogens is 198 g/mol. The number of rotatable bonds is 3. The molecule has 1 aliphatic rings. The summed E-state index contributed by atoms with van der Waals surface area (Å²) in [6.45, 7) is 1.31. The van der Waals surface area contributed by atoms with Gasteiger partial charge in [0.15, 0.2) is 0 Å². The Balaban J connectivity index is 2.00. The number of nitro benzene ring substituents is 1. The van der Waals surface area contributed by atoms with Gasteiger partial charge in [0.1, 0.15) is 11.9 Å². The summed E-state index contributed by atoms with van der Waals surface area (Å²) in [5, 5.41) is 10.4. The molecule has 5 heteroatoms. The van der Waals surface area contributed by atoms with Crippen molar-refractivity contribution in [2.45, 2.75) is 12.5 Å². The van der Waals surface area contributed by atoms with Crippen LogP contribution in [-0.4, -0.2) is 24.2 Å². The van der Waals surface area contributed by atoms with E-state index >= 15 is 0 Å². The average molecular weight is 209 g/mol. The third-order valence-corrected chi connectivity index (χ3v) is 2.24. The fraction of sp³-hybridized carbons (Fsp3) is 0.400. The molecule has 0 aliphatic carbocycles. The topological polar surface area (TPSA) is 61.6 Å². The first-order valence-corrected chi connectivity index (χ1v) is 4.74. The maximum atomic E-state index is 10.4. The Morgan fingerprint density at radius 3 is 2.67 bits per heavy atom. The zero-order valence-corrected chi connectivity index (χ0v) is 8.09. The molecule has 0 aromatic heterocycles. The summed E-state index contributed by atoms with van der Waals surface area (Å²) in [7, 11) is 0. The van der Waals surface area contributed by atoms with Crippen LogP contribution in [0.2, 0.25) is 0 Å². The maximum absolute atomic E-state index is 10.4. The summed E-state index contributed by atoms with van der Waals surface area (Å²) in [4.78, 5) is 9.97. The predicted molar refractivity (Wildman–Crippen MR) is 52.9 cm³/mol. The highest BCUT2D eigenvalue weighted by Gasteiger charge is 2.17. The number of ether oxygens (including phenoxy) is 2. The van der Waals surface area contributed by atoms with Gasteiger partial charge in [0.25, 0.3) is 5.69 Å². The monoisotopic (exact) mass is 209 g/mol. The maximum Gasteiger partial charge on any atom is 0.269 e. The lowest BCUT2D eigenvalue weighted by Gasteiger charge is -2.10. The lowest BCUT2D eigenvalue weighted by molar-refractivity contribution is -0.384. The molecule has 1 aromatic carbocycles. The molecule has 0 radical (unpaired) electrons. The van der Waals surface area contributed by atoms with Gasteiger partial charge >= 0.3 is 0 Å². The number of non-ortho nitro benzene ring substituents is 1. The fourth-order valence-corrected chi connectivity index (χ4v) is 1.44. The quantitative estimate of drug-likeness (QED) is 0.562. The summed E-state index contributed by atoms with van der Waals surface area (Å²) >= 11 is 0. The van der Waals surface area contributed by atoms with Crippen molar-refractivity contribution >= 4 is 5.69 Å². The van der Waals surface area contributed by atoms with Crippen LogP contribution in [0, 0.1) is 10.1 Å². The molecule has 0 bridgehead atoms. The van der Waals surface area contributed by atoms with Gasteiger partial charge in [-0.1, -0.05) is 0 Å². The van der Waals surface area contributed by atoms with Crippen LogP contribution in [-0.2, 0) is 4.74 Å². The Morgan fingerprint density at radius 2 is 2.13 bits per heavy atom. The molecule has 1 fully saturated rings. The van der Waals surface area contributed by atoms with E-state index in [1.54, 1.807) is 12.1 Å². The molecule has 1 heterocycles. The first-order chi connectivity index (χ1) is 7.25. The Labute approximate surface area is 86.8 Å². The first-order valence-electron chi connectivity index (χ1n) is 4.74. The molecule has 1 aliphatic heterocycles. The third-order valence-electron chi connectivity index (χ3n) is 2.24. The molecule has 0 spiro atoms. The van der Waals surface area contributed by atoms with Crippen molar-refractivity contribution in [2.75, 3.05) is 13.2 Å². The van der Waals surface area contributed by atoms with Crippen LogP contribution in [0.4, 0.5) is 5.69 Å². The Bertz CT molecular complexity index is 343. The lowest BCUT2D eigenvalue weighted by Crippen LogP contribution is -2.15. The van der Waals surface area contributed by atoms with E-state index < -0.39 is 4.92 Å². The number of hydrogen-bond acceptors (Lipinski definition) is 4. The van der Waals surface area contributed by atoms with Crippen LogP contribution in [0.25, 0.3) is 0 Å². The van der Waals surface area contributed by atoms with Gasteiger partial charge in [-0.15, -0.1) is 0 Å². The van der Waals surface area contributed by atoms with E-state index in [1.165, 1.54) is 12.1 Å². The van der Waals surface area contributed by atoms with Crippen LogP contribution in [0.15, 0.2) is 24.3 Å². The van der Waals surface area contributed by atoms with Gasteiger partial charge < -0.3 is 9.47 Å². The summed E-state index contributed by atoms with van der Waals surface area (Å²) in [6.07, 6.45) is 0.947. The van der Waals surface area contributed by atoms with Gasteiger partial charge in [0.2, 0.25) is 0 Å². The van der Waals surface area contributed by atoms with Gasteiger partial charge in [-0.3, -0.25) is 10.1 Å². The van der Waals surface area contributed by atoms with Gasteiger partial charge in [-0.05, 0) is 12.1 Å². The molecule has 0 amide bonds. The van der Waals surface area contributed by atoms with Crippen molar-refractivity contribution in [3.05, 3.63) is 34.4 Å². The second-order valence-corrected chi connectivity index (χ2v) is 3.35. The van der Waals surface area contributed by atoms with Gasteiger partial charge in [-0.2, -0.15) is 0 Å². The number of nitrogens with zero attached hydrogens (tertiary/aromatic N) is 1. The molecule has 15 heavy (non-hydrogen) atoms. The van der Waals surface area contributed by atoms with Gasteiger partial charge in [0.05, 0.1) is 18.1 Å². The van der Waals surface area contributed by atoms with Crippen molar-refractivity contribution in [2.24, 2.45) is 0 Å². The first kappa shape index (κ1) is 9.92. The summed E-state index contributed by atoms with van der Waals surface area (Å²) in [6, 6.07) is 6.09.